The zero-order valence-corrected chi connectivity index (χ0v) is 18.8. The van der Waals surface area contributed by atoms with Gasteiger partial charge in [0, 0.05) is 24.4 Å². The minimum atomic E-state index is -0.841. The standard InChI is InChI=1S/C26H24N4O5/c31-24(30-17-9-15(10-17)25(32)33)16-11-27-23(28-12-16)13-29-26(34)35-14-22-20-7-3-1-5-18(20)19-6-2-4-8-21(19)22/h1-8,11-12,15,17,22H,9-10,13-14H2,(H,29,34)(H,30,31)(H,32,33). The molecule has 9 nitrogen and oxygen atoms in total. The van der Waals surface area contributed by atoms with Gasteiger partial charge < -0.3 is 20.5 Å². The fraction of sp³-hybridized carbons (Fsp3) is 0.269. The summed E-state index contributed by atoms with van der Waals surface area (Å²) in [5, 5.41) is 14.3. The summed E-state index contributed by atoms with van der Waals surface area (Å²) in [7, 11) is 0. The van der Waals surface area contributed by atoms with Crippen LogP contribution in [0.4, 0.5) is 4.79 Å². The molecule has 0 spiro atoms. The highest BCUT2D eigenvalue weighted by molar-refractivity contribution is 5.94. The minimum absolute atomic E-state index is 0.0244. The van der Waals surface area contributed by atoms with E-state index in [0.717, 1.165) is 22.3 Å². The SMILES string of the molecule is O=C(NCc1ncc(C(=O)NC2CC(C(=O)O)C2)cn1)OCC1c2ccccc2-c2ccccc21. The van der Waals surface area contributed by atoms with Crippen LogP contribution in [-0.4, -0.2) is 45.7 Å². The molecule has 1 heterocycles. The molecular weight excluding hydrogens is 448 g/mol. The van der Waals surface area contributed by atoms with Crippen LogP contribution in [0, 0.1) is 5.92 Å². The Labute approximate surface area is 201 Å². The lowest BCUT2D eigenvalue weighted by Crippen LogP contribution is -2.46. The van der Waals surface area contributed by atoms with Crippen molar-refractivity contribution in [3.05, 3.63) is 83.4 Å². The average molecular weight is 473 g/mol. The van der Waals surface area contributed by atoms with E-state index >= 15 is 0 Å². The van der Waals surface area contributed by atoms with Crippen molar-refractivity contribution in [1.82, 2.24) is 20.6 Å². The van der Waals surface area contributed by atoms with Gasteiger partial charge in [0.1, 0.15) is 12.4 Å². The molecule has 178 valence electrons. The maximum atomic E-state index is 12.3. The molecule has 1 fully saturated rings. The van der Waals surface area contributed by atoms with Crippen LogP contribution in [0.15, 0.2) is 60.9 Å². The summed E-state index contributed by atoms with van der Waals surface area (Å²) >= 11 is 0. The number of hydrogen-bond donors (Lipinski definition) is 3. The number of aromatic nitrogens is 2. The van der Waals surface area contributed by atoms with E-state index in [-0.39, 0.29) is 36.6 Å². The first-order valence-corrected chi connectivity index (χ1v) is 11.4. The molecule has 5 rings (SSSR count). The van der Waals surface area contributed by atoms with Crippen LogP contribution in [0.5, 0.6) is 0 Å². The molecule has 2 aliphatic rings. The zero-order valence-electron chi connectivity index (χ0n) is 18.8. The molecule has 0 bridgehead atoms. The van der Waals surface area contributed by atoms with Gasteiger partial charge in [0.25, 0.3) is 5.91 Å². The van der Waals surface area contributed by atoms with E-state index in [0.29, 0.717) is 18.7 Å². The molecule has 35 heavy (non-hydrogen) atoms. The molecule has 0 atom stereocenters. The maximum Gasteiger partial charge on any atom is 0.407 e. The highest BCUT2D eigenvalue weighted by atomic mass is 16.5. The Morgan fingerprint density at radius 3 is 2.14 bits per heavy atom. The van der Waals surface area contributed by atoms with Crippen molar-refractivity contribution in [2.45, 2.75) is 31.3 Å². The van der Waals surface area contributed by atoms with E-state index in [2.05, 4.69) is 44.9 Å². The minimum Gasteiger partial charge on any atom is -0.481 e. The van der Waals surface area contributed by atoms with Crippen LogP contribution < -0.4 is 10.6 Å². The molecule has 3 aromatic rings. The van der Waals surface area contributed by atoms with Crippen LogP contribution in [0.1, 0.15) is 46.1 Å². The molecule has 2 aromatic carbocycles. The second-order valence-corrected chi connectivity index (χ2v) is 8.74. The number of nitrogens with one attached hydrogen (secondary N) is 2. The molecule has 0 aliphatic heterocycles. The summed E-state index contributed by atoms with van der Waals surface area (Å²) < 4.78 is 5.50. The number of fused-ring (bicyclic) bond motifs is 3. The third-order valence-electron chi connectivity index (χ3n) is 6.52. The summed E-state index contributed by atoms with van der Waals surface area (Å²) in [6.45, 7) is 0.269. The van der Waals surface area contributed by atoms with Crippen molar-refractivity contribution in [3.63, 3.8) is 0 Å². The number of nitrogens with zero attached hydrogens (tertiary/aromatic N) is 2. The Morgan fingerprint density at radius 1 is 0.943 bits per heavy atom. The monoisotopic (exact) mass is 472 g/mol. The van der Waals surface area contributed by atoms with Gasteiger partial charge in [0.2, 0.25) is 0 Å². The second kappa shape index (κ2) is 9.54. The summed E-state index contributed by atoms with van der Waals surface area (Å²) in [6.07, 6.45) is 3.03. The summed E-state index contributed by atoms with van der Waals surface area (Å²) in [5.74, 6) is -1.28. The van der Waals surface area contributed by atoms with Gasteiger partial charge in [-0.05, 0) is 35.1 Å². The van der Waals surface area contributed by atoms with E-state index < -0.39 is 18.0 Å². The van der Waals surface area contributed by atoms with E-state index in [1.165, 1.54) is 12.4 Å². The Hall–Kier alpha value is -4.27. The average Bonchev–Trinajstić information content (AvgIpc) is 3.17. The normalized spacial score (nSPS) is 18.1. The molecule has 1 aromatic heterocycles. The molecule has 2 aliphatic carbocycles. The topological polar surface area (TPSA) is 131 Å². The number of benzene rings is 2. The highest BCUT2D eigenvalue weighted by Gasteiger charge is 2.35. The largest absolute Gasteiger partial charge is 0.481 e. The van der Waals surface area contributed by atoms with Gasteiger partial charge in [-0.2, -0.15) is 0 Å². The second-order valence-electron chi connectivity index (χ2n) is 8.74. The third-order valence-corrected chi connectivity index (χ3v) is 6.52. The van der Waals surface area contributed by atoms with Crippen LogP contribution in [-0.2, 0) is 16.1 Å². The number of rotatable bonds is 7. The van der Waals surface area contributed by atoms with Crippen LogP contribution in [0.25, 0.3) is 11.1 Å². The number of carbonyl (C=O) groups is 3. The Morgan fingerprint density at radius 2 is 1.54 bits per heavy atom. The van der Waals surface area contributed by atoms with Gasteiger partial charge in [-0.25, -0.2) is 14.8 Å². The lowest BCUT2D eigenvalue weighted by atomic mass is 9.80. The molecule has 1 saturated carbocycles. The van der Waals surface area contributed by atoms with Crippen molar-refractivity contribution < 1.29 is 24.2 Å². The fourth-order valence-electron chi connectivity index (χ4n) is 4.57. The predicted octanol–water partition coefficient (Wildman–Crippen LogP) is 3.11. The summed E-state index contributed by atoms with van der Waals surface area (Å²) in [6, 6.07) is 16.1. The van der Waals surface area contributed by atoms with E-state index in [1.54, 1.807) is 0 Å². The maximum absolute atomic E-state index is 12.3. The molecular formula is C26H24N4O5. The number of amides is 2. The van der Waals surface area contributed by atoms with Gasteiger partial charge in [0.05, 0.1) is 18.0 Å². The van der Waals surface area contributed by atoms with Crippen molar-refractivity contribution in [3.8, 4) is 11.1 Å². The van der Waals surface area contributed by atoms with Crippen molar-refractivity contribution in [2.75, 3.05) is 6.61 Å². The summed E-state index contributed by atoms with van der Waals surface area (Å²) in [5.41, 5.74) is 4.87. The number of alkyl carbamates (subject to hydrolysis) is 1. The first-order chi connectivity index (χ1) is 17.0. The van der Waals surface area contributed by atoms with Crippen LogP contribution in [0.2, 0.25) is 0 Å². The van der Waals surface area contributed by atoms with E-state index in [9.17, 15) is 14.4 Å². The van der Waals surface area contributed by atoms with E-state index in [4.69, 9.17) is 9.84 Å². The van der Waals surface area contributed by atoms with Gasteiger partial charge in [0.15, 0.2) is 0 Å². The van der Waals surface area contributed by atoms with Gasteiger partial charge in [-0.1, -0.05) is 48.5 Å². The predicted molar refractivity (Wildman–Crippen MR) is 126 cm³/mol. The highest BCUT2D eigenvalue weighted by Crippen LogP contribution is 2.44. The molecule has 0 unspecified atom stereocenters. The van der Waals surface area contributed by atoms with Crippen molar-refractivity contribution >= 4 is 18.0 Å². The lowest BCUT2D eigenvalue weighted by Gasteiger charge is -2.32. The smallest absolute Gasteiger partial charge is 0.407 e. The van der Waals surface area contributed by atoms with Gasteiger partial charge >= 0.3 is 12.1 Å². The number of carbonyl (C=O) groups excluding carboxylic acids is 2. The molecule has 3 N–H and O–H groups in total. The molecule has 2 amide bonds. The number of ether oxygens (including phenoxy) is 1. The Balaban J connectivity index is 1.11. The lowest BCUT2D eigenvalue weighted by molar-refractivity contribution is -0.145. The molecule has 9 heteroatoms. The number of carboxylic acid groups (broad SMARTS) is 1. The van der Waals surface area contributed by atoms with Gasteiger partial charge in [-0.3, -0.25) is 9.59 Å². The molecule has 0 radical (unpaired) electrons. The quantitative estimate of drug-likeness (QED) is 0.482. The Bertz CT molecular complexity index is 1230. The van der Waals surface area contributed by atoms with Crippen LogP contribution >= 0.6 is 0 Å². The number of carboxylic acids is 1. The first-order valence-electron chi connectivity index (χ1n) is 11.4. The first kappa shape index (κ1) is 22.5. The van der Waals surface area contributed by atoms with E-state index in [1.807, 2.05) is 24.3 Å². The number of hydrogen-bond acceptors (Lipinski definition) is 6. The summed E-state index contributed by atoms with van der Waals surface area (Å²) in [4.78, 5) is 43.7. The molecule has 0 saturated heterocycles. The van der Waals surface area contributed by atoms with Crippen molar-refractivity contribution in [1.29, 1.82) is 0 Å². The fourth-order valence-corrected chi connectivity index (χ4v) is 4.57. The Kier molecular flexibility index (Phi) is 6.13. The van der Waals surface area contributed by atoms with Gasteiger partial charge in [-0.15, -0.1) is 0 Å². The van der Waals surface area contributed by atoms with Crippen molar-refractivity contribution in [2.24, 2.45) is 5.92 Å². The third kappa shape index (κ3) is 4.70. The zero-order chi connectivity index (χ0) is 24.4. The number of aliphatic carboxylic acids is 1. The van der Waals surface area contributed by atoms with Crippen LogP contribution in [0.3, 0.4) is 0 Å².